The lowest BCUT2D eigenvalue weighted by Crippen LogP contribution is -2.48. The predicted octanol–water partition coefficient (Wildman–Crippen LogP) is 1.69. The fraction of sp³-hybridized carbons (Fsp3) is 0.333. The highest BCUT2D eigenvalue weighted by molar-refractivity contribution is 5.91. The van der Waals surface area contributed by atoms with Gasteiger partial charge in [-0.1, -0.05) is 18.2 Å². The minimum atomic E-state index is -1.08. The Bertz CT molecular complexity index is 506. The number of hydrogen-bond acceptors (Lipinski definition) is 3. The van der Waals surface area contributed by atoms with Gasteiger partial charge in [-0.05, 0) is 38.0 Å². The van der Waals surface area contributed by atoms with Crippen LogP contribution in [0.4, 0.5) is 5.69 Å². The summed E-state index contributed by atoms with van der Waals surface area (Å²) in [6.07, 6.45) is 1.65. The van der Waals surface area contributed by atoms with Crippen molar-refractivity contribution in [2.45, 2.75) is 31.7 Å². The molecule has 4 N–H and O–H groups in total. The fourth-order valence-corrected chi connectivity index (χ4v) is 1.76. The molecule has 0 saturated heterocycles. The summed E-state index contributed by atoms with van der Waals surface area (Å²) in [5, 5.41) is 11.6. The highest BCUT2D eigenvalue weighted by Gasteiger charge is 2.32. The van der Waals surface area contributed by atoms with Crippen molar-refractivity contribution in [2.24, 2.45) is 0 Å². The number of aliphatic carboxylic acids is 1. The van der Waals surface area contributed by atoms with Crippen molar-refractivity contribution in [1.29, 1.82) is 0 Å². The van der Waals surface area contributed by atoms with Crippen LogP contribution in [0.2, 0.25) is 0 Å². The van der Waals surface area contributed by atoms with Gasteiger partial charge in [-0.2, -0.15) is 0 Å². The van der Waals surface area contributed by atoms with Gasteiger partial charge in [0, 0.05) is 5.69 Å². The molecule has 0 spiro atoms. The second-order valence-corrected chi connectivity index (χ2v) is 5.14. The molecule has 1 aromatic rings. The van der Waals surface area contributed by atoms with Gasteiger partial charge in [-0.25, -0.2) is 4.79 Å². The average molecular weight is 276 g/mol. The van der Waals surface area contributed by atoms with E-state index in [-0.39, 0.29) is 12.3 Å². The van der Waals surface area contributed by atoms with Crippen LogP contribution in [-0.4, -0.2) is 23.0 Å². The number of carbonyl (C=O) groups is 2. The first-order valence-corrected chi connectivity index (χ1v) is 6.29. The molecule has 1 rings (SSSR count). The third-order valence-electron chi connectivity index (χ3n) is 3.21. The third-order valence-corrected chi connectivity index (χ3v) is 3.21. The summed E-state index contributed by atoms with van der Waals surface area (Å²) < 4.78 is 0. The number of carbonyl (C=O) groups excluding carboxylic acids is 1. The van der Waals surface area contributed by atoms with Gasteiger partial charge in [0.05, 0.1) is 5.41 Å². The van der Waals surface area contributed by atoms with Crippen LogP contribution in [0.5, 0.6) is 0 Å². The van der Waals surface area contributed by atoms with E-state index in [1.807, 2.05) is 0 Å². The molecular formula is C15H20N2O3. The number of rotatable bonds is 6. The van der Waals surface area contributed by atoms with Gasteiger partial charge < -0.3 is 16.2 Å². The Balaban J connectivity index is 2.91. The zero-order valence-electron chi connectivity index (χ0n) is 11.7. The fourth-order valence-electron chi connectivity index (χ4n) is 1.76. The van der Waals surface area contributed by atoms with Crippen LogP contribution in [0.15, 0.2) is 36.9 Å². The van der Waals surface area contributed by atoms with E-state index in [2.05, 4.69) is 11.9 Å². The Labute approximate surface area is 118 Å². The minimum absolute atomic E-state index is 0.179. The Morgan fingerprint density at radius 2 is 1.95 bits per heavy atom. The van der Waals surface area contributed by atoms with E-state index in [0.717, 1.165) is 5.56 Å². The van der Waals surface area contributed by atoms with Crippen molar-refractivity contribution in [1.82, 2.24) is 5.32 Å². The van der Waals surface area contributed by atoms with Gasteiger partial charge >= 0.3 is 5.97 Å². The standard InChI is InChI=1S/C15H20N2O3/c1-4-5-12(13(18)19)17-14(20)15(2,3)10-6-8-11(16)9-7-10/h4,6-9,12H,1,5,16H2,2-3H3,(H,17,20)(H,18,19). The predicted molar refractivity (Wildman–Crippen MR) is 78.3 cm³/mol. The third kappa shape index (κ3) is 3.60. The van der Waals surface area contributed by atoms with Crippen LogP contribution in [0.1, 0.15) is 25.8 Å². The molecule has 0 aromatic heterocycles. The van der Waals surface area contributed by atoms with Crippen molar-refractivity contribution >= 4 is 17.6 Å². The average Bonchev–Trinajstić information content (AvgIpc) is 2.38. The number of carboxylic acids is 1. The largest absolute Gasteiger partial charge is 0.480 e. The Hall–Kier alpha value is -2.30. The van der Waals surface area contributed by atoms with E-state index in [9.17, 15) is 9.59 Å². The molecule has 1 amide bonds. The molecule has 0 aliphatic carbocycles. The topological polar surface area (TPSA) is 92.4 Å². The number of nitrogen functional groups attached to an aromatic ring is 1. The Morgan fingerprint density at radius 1 is 1.40 bits per heavy atom. The Morgan fingerprint density at radius 3 is 2.40 bits per heavy atom. The molecule has 20 heavy (non-hydrogen) atoms. The van der Waals surface area contributed by atoms with E-state index < -0.39 is 17.4 Å². The molecule has 5 heteroatoms. The number of nitrogens with two attached hydrogens (primary N) is 1. The highest BCUT2D eigenvalue weighted by Crippen LogP contribution is 2.24. The van der Waals surface area contributed by atoms with Crippen LogP contribution in [-0.2, 0) is 15.0 Å². The number of anilines is 1. The monoisotopic (exact) mass is 276 g/mol. The van der Waals surface area contributed by atoms with Gasteiger partial charge in [0.25, 0.3) is 0 Å². The van der Waals surface area contributed by atoms with Gasteiger partial charge in [0.15, 0.2) is 0 Å². The lowest BCUT2D eigenvalue weighted by Gasteiger charge is -2.26. The minimum Gasteiger partial charge on any atom is -0.480 e. The van der Waals surface area contributed by atoms with Gasteiger partial charge in [0.1, 0.15) is 6.04 Å². The van der Waals surface area contributed by atoms with Crippen LogP contribution in [0, 0.1) is 0 Å². The summed E-state index contributed by atoms with van der Waals surface area (Å²) in [5.74, 6) is -1.43. The normalized spacial score (nSPS) is 12.5. The Kier molecular flexibility index (Phi) is 4.91. The summed E-state index contributed by atoms with van der Waals surface area (Å²) in [4.78, 5) is 23.4. The molecule has 1 atom stereocenters. The molecule has 108 valence electrons. The first-order valence-electron chi connectivity index (χ1n) is 6.29. The van der Waals surface area contributed by atoms with Crippen molar-refractivity contribution < 1.29 is 14.7 Å². The molecule has 0 fully saturated rings. The maximum atomic E-state index is 12.3. The van der Waals surface area contributed by atoms with Gasteiger partial charge in [-0.15, -0.1) is 6.58 Å². The van der Waals surface area contributed by atoms with Crippen molar-refractivity contribution in [2.75, 3.05) is 5.73 Å². The van der Waals surface area contributed by atoms with E-state index >= 15 is 0 Å². The number of amides is 1. The van der Waals surface area contributed by atoms with E-state index in [1.54, 1.807) is 38.1 Å². The lowest BCUT2D eigenvalue weighted by atomic mass is 9.83. The molecule has 1 aromatic carbocycles. The summed E-state index contributed by atoms with van der Waals surface area (Å²) in [5.41, 5.74) is 6.15. The molecule has 0 bridgehead atoms. The molecule has 0 saturated carbocycles. The molecular weight excluding hydrogens is 256 g/mol. The highest BCUT2D eigenvalue weighted by atomic mass is 16.4. The molecule has 5 nitrogen and oxygen atoms in total. The summed E-state index contributed by atoms with van der Waals surface area (Å²) in [7, 11) is 0. The smallest absolute Gasteiger partial charge is 0.326 e. The van der Waals surface area contributed by atoms with Crippen LogP contribution < -0.4 is 11.1 Å². The zero-order valence-corrected chi connectivity index (χ0v) is 11.7. The molecule has 1 unspecified atom stereocenters. The molecule has 0 heterocycles. The second-order valence-electron chi connectivity index (χ2n) is 5.14. The molecule has 0 aliphatic heterocycles. The first-order chi connectivity index (χ1) is 9.28. The number of hydrogen-bond donors (Lipinski definition) is 3. The number of benzene rings is 1. The second kappa shape index (κ2) is 6.23. The van der Waals surface area contributed by atoms with E-state index in [1.165, 1.54) is 6.08 Å². The molecule has 0 radical (unpaired) electrons. The van der Waals surface area contributed by atoms with Gasteiger partial charge in [-0.3, -0.25) is 4.79 Å². The maximum absolute atomic E-state index is 12.3. The summed E-state index contributed by atoms with van der Waals surface area (Å²) in [6, 6.07) is 5.98. The SMILES string of the molecule is C=CCC(NC(=O)C(C)(C)c1ccc(N)cc1)C(=O)O. The van der Waals surface area contributed by atoms with Crippen molar-refractivity contribution in [3.63, 3.8) is 0 Å². The molecule has 0 aliphatic rings. The number of carboxylic acid groups (broad SMARTS) is 1. The van der Waals surface area contributed by atoms with Crippen LogP contribution >= 0.6 is 0 Å². The zero-order chi connectivity index (χ0) is 15.3. The summed E-state index contributed by atoms with van der Waals surface area (Å²) in [6.45, 7) is 6.97. The van der Waals surface area contributed by atoms with Gasteiger partial charge in [0.2, 0.25) is 5.91 Å². The lowest BCUT2D eigenvalue weighted by molar-refractivity contribution is -0.142. The van der Waals surface area contributed by atoms with E-state index in [0.29, 0.717) is 5.69 Å². The van der Waals surface area contributed by atoms with E-state index in [4.69, 9.17) is 10.8 Å². The first kappa shape index (κ1) is 15.8. The van der Waals surface area contributed by atoms with Crippen molar-refractivity contribution in [3.05, 3.63) is 42.5 Å². The number of nitrogens with one attached hydrogen (secondary N) is 1. The summed E-state index contributed by atoms with van der Waals surface area (Å²) >= 11 is 0. The van der Waals surface area contributed by atoms with Crippen LogP contribution in [0.3, 0.4) is 0 Å². The quantitative estimate of drug-likeness (QED) is 0.544. The maximum Gasteiger partial charge on any atom is 0.326 e. The van der Waals surface area contributed by atoms with Crippen molar-refractivity contribution in [3.8, 4) is 0 Å². The van der Waals surface area contributed by atoms with Crippen LogP contribution in [0.25, 0.3) is 0 Å².